The van der Waals surface area contributed by atoms with Gasteiger partial charge < -0.3 is 13.5 Å². The van der Waals surface area contributed by atoms with Crippen LogP contribution in [-0.2, 0) is 5.41 Å². The molecule has 0 N–H and O–H groups in total. The number of fused-ring (bicyclic) bond motifs is 21. The summed E-state index contributed by atoms with van der Waals surface area (Å²) in [6.07, 6.45) is 7.81. The van der Waals surface area contributed by atoms with Crippen LogP contribution in [0.15, 0.2) is 413 Å². The van der Waals surface area contributed by atoms with E-state index in [2.05, 4.69) is 396 Å². The lowest BCUT2D eigenvalue weighted by Gasteiger charge is -2.23. The Morgan fingerprint density at radius 1 is 0.254 bits per heavy atom. The summed E-state index contributed by atoms with van der Waals surface area (Å²) in [6.45, 7) is 4.74. The van der Waals surface area contributed by atoms with Crippen LogP contribution in [0.5, 0.6) is 0 Å². The Balaban J connectivity index is 0.000000138. The number of hydrogen-bond donors (Lipinski definition) is 0. The highest BCUT2D eigenvalue weighted by atomic mass is 15.0. The molecule has 6 nitrogen and oxygen atoms in total. The topological polar surface area (TPSA) is 52.9 Å². The van der Waals surface area contributed by atoms with Gasteiger partial charge in [-0.2, -0.15) is 0 Å². The quantitative estimate of drug-likeness (QED) is 0.128. The van der Waals surface area contributed by atoms with Crippen molar-refractivity contribution in [2.24, 2.45) is 0 Å². The first kappa shape index (κ1) is 68.2. The second-order valence-corrected chi connectivity index (χ2v) is 31.7. The van der Waals surface area contributed by atoms with E-state index in [0.717, 1.165) is 50.8 Å². The highest BCUT2D eigenvalue weighted by Crippen LogP contribution is 2.56. The summed E-state index contributed by atoms with van der Waals surface area (Å²) in [7, 11) is 0. The first-order valence-corrected chi connectivity index (χ1v) is 40.6. The number of nitrogens with zero attached hydrogens (tertiary/aromatic N) is 6. The van der Waals surface area contributed by atoms with Crippen LogP contribution in [0.25, 0.3) is 215 Å². The summed E-state index contributed by atoms with van der Waals surface area (Å²) >= 11 is 0. The molecule has 0 saturated carbocycles. The Bertz CT molecular complexity index is 7940. The van der Waals surface area contributed by atoms with Crippen molar-refractivity contribution in [2.75, 3.05) is 0 Å². The first-order chi connectivity index (χ1) is 58.3. The molecule has 1 aliphatic carbocycles. The second-order valence-electron chi connectivity index (χ2n) is 31.7. The Morgan fingerprint density at radius 3 is 1.31 bits per heavy atom. The van der Waals surface area contributed by atoms with Crippen LogP contribution >= 0.6 is 0 Å². The van der Waals surface area contributed by atoms with E-state index in [0.29, 0.717) is 0 Å². The Hall–Kier alpha value is -15.4. The first-order valence-electron chi connectivity index (χ1n) is 40.6. The predicted molar refractivity (Wildman–Crippen MR) is 494 cm³/mol. The normalized spacial score (nSPS) is 12.4. The average Bonchev–Trinajstić information content (AvgIpc) is 1.51. The van der Waals surface area contributed by atoms with Gasteiger partial charge in [-0.3, -0.25) is 4.98 Å². The van der Waals surface area contributed by atoms with Gasteiger partial charge in [0.15, 0.2) is 0 Å². The minimum atomic E-state index is -0.149. The number of imidazole rings is 1. The maximum Gasteiger partial charge on any atom is 0.137 e. The van der Waals surface area contributed by atoms with Gasteiger partial charge in [0.25, 0.3) is 0 Å². The van der Waals surface area contributed by atoms with E-state index in [1.54, 1.807) is 0 Å². The molecule has 0 radical (unpaired) electrons. The molecule has 0 unspecified atom stereocenters. The van der Waals surface area contributed by atoms with Gasteiger partial charge in [0.1, 0.15) is 5.65 Å². The number of pyridine rings is 3. The van der Waals surface area contributed by atoms with Gasteiger partial charge in [-0.1, -0.05) is 329 Å². The van der Waals surface area contributed by atoms with Gasteiger partial charge in [0, 0.05) is 102 Å². The third-order valence-corrected chi connectivity index (χ3v) is 24.8. The van der Waals surface area contributed by atoms with Crippen molar-refractivity contribution in [1.29, 1.82) is 0 Å². The standard InChI is InChI=1S/C57H39N3.C55H35N3/c1-57(2)48-25-14-13-22-42(48)43-29-28-39(34-49(43)57)60-55(38-18-7-4-8-19-38)52(37-16-5-3-6-17-37)54-53-44-23-11-9-20-40(44)46(35-47(53)41-21-10-12-24-45(41)56(54)60)51-27-15-26-50(59-51)36-30-32-58-33-31-36;1-3-16-39(17-4-1)51-53-52-45-23-11-9-21-43(45)47(37-26-28-38(29-27-37)49-35-57-32-14-13-25-50(57)56-49)34-48(52)44-22-10-12-24-46(44)55(53)58(54(51)40-18-5-2-6-19-40)42-31-30-36-15-7-8-20-41(36)33-42/h3-35H,1-2H3;1-35H. The number of hydrogen-bond acceptors (Lipinski definition) is 3. The summed E-state index contributed by atoms with van der Waals surface area (Å²) in [4.78, 5) is 14.5. The van der Waals surface area contributed by atoms with Gasteiger partial charge in [0.05, 0.1) is 39.5 Å². The molecule has 0 atom stereocenters. The van der Waals surface area contributed by atoms with Crippen LogP contribution < -0.4 is 0 Å². The van der Waals surface area contributed by atoms with E-state index in [-0.39, 0.29) is 5.41 Å². The van der Waals surface area contributed by atoms with Crippen molar-refractivity contribution in [3.8, 4) is 112 Å². The second kappa shape index (κ2) is 27.4. The highest BCUT2D eigenvalue weighted by Gasteiger charge is 2.37. The van der Waals surface area contributed by atoms with Crippen molar-refractivity contribution in [1.82, 2.24) is 28.5 Å². The van der Waals surface area contributed by atoms with Gasteiger partial charge in [-0.25, -0.2) is 9.97 Å². The SMILES string of the molecule is CC1(C)c2ccccc2-c2ccc(-n3c(-c4ccccc4)c(-c4ccccc4)c4c5c6ccccc6c(-c6cccc(-c7ccncc7)n6)cc5c5ccccc5c43)cc21.c1ccc(-c2c(-c3ccccc3)n(-c3ccc4ccccc4c3)c3c4ccccc4c4cc(-c5ccc(-c6cn7ccccc7n6)cc5)c5ccccc5c4c23)cc1. The molecule has 0 aliphatic heterocycles. The maximum atomic E-state index is 5.30. The van der Waals surface area contributed by atoms with E-state index in [4.69, 9.17) is 9.97 Å². The fraction of sp³-hybridized carbons (Fsp3) is 0.0268. The van der Waals surface area contributed by atoms with Crippen molar-refractivity contribution in [3.05, 3.63) is 424 Å². The molecule has 0 bridgehead atoms. The van der Waals surface area contributed by atoms with Crippen LogP contribution in [0, 0.1) is 0 Å². The summed E-state index contributed by atoms with van der Waals surface area (Å²) in [5, 5.41) is 19.6. The van der Waals surface area contributed by atoms with E-state index < -0.39 is 0 Å². The third-order valence-electron chi connectivity index (χ3n) is 24.8. The molecule has 0 fully saturated rings. The summed E-state index contributed by atoms with van der Waals surface area (Å²) < 4.78 is 7.20. The molecule has 118 heavy (non-hydrogen) atoms. The molecule has 23 aromatic rings. The average molecular weight is 1500 g/mol. The van der Waals surface area contributed by atoms with E-state index in [1.165, 1.54) is 175 Å². The van der Waals surface area contributed by atoms with Crippen molar-refractivity contribution >= 4 is 103 Å². The number of rotatable bonds is 10. The lowest BCUT2D eigenvalue weighted by Crippen LogP contribution is -2.15. The summed E-state index contributed by atoms with van der Waals surface area (Å²) in [5.74, 6) is 0. The molecule has 0 spiro atoms. The molecule has 17 aromatic carbocycles. The zero-order valence-electron chi connectivity index (χ0n) is 64.9. The molecule has 6 heterocycles. The number of aromatic nitrogens is 6. The lowest BCUT2D eigenvalue weighted by molar-refractivity contribution is 0.660. The highest BCUT2D eigenvalue weighted by molar-refractivity contribution is 6.38. The molecule has 0 amide bonds. The van der Waals surface area contributed by atoms with Crippen LogP contribution in [0.3, 0.4) is 0 Å². The van der Waals surface area contributed by atoms with Crippen molar-refractivity contribution < 1.29 is 0 Å². The van der Waals surface area contributed by atoms with Crippen molar-refractivity contribution in [2.45, 2.75) is 19.3 Å². The fourth-order valence-corrected chi connectivity index (χ4v) is 19.5. The minimum absolute atomic E-state index is 0.149. The van der Waals surface area contributed by atoms with Crippen LogP contribution in [0.4, 0.5) is 0 Å². The van der Waals surface area contributed by atoms with E-state index >= 15 is 0 Å². The van der Waals surface area contributed by atoms with E-state index in [1.807, 2.05) is 48.9 Å². The van der Waals surface area contributed by atoms with Crippen LogP contribution in [-0.4, -0.2) is 28.5 Å². The largest absolute Gasteiger partial charge is 0.308 e. The predicted octanol–water partition coefficient (Wildman–Crippen LogP) is 29.4. The third kappa shape index (κ3) is 10.8. The molecule has 6 heteroatoms. The van der Waals surface area contributed by atoms with Crippen LogP contribution in [0.2, 0.25) is 0 Å². The molecular formula is C112H74N6. The molecule has 6 aromatic heterocycles. The minimum Gasteiger partial charge on any atom is -0.308 e. The molecule has 0 saturated heterocycles. The van der Waals surface area contributed by atoms with Crippen molar-refractivity contribution in [3.63, 3.8) is 0 Å². The zero-order valence-corrected chi connectivity index (χ0v) is 64.9. The fourth-order valence-electron chi connectivity index (χ4n) is 19.5. The molecular weight excluding hydrogens is 1430 g/mol. The van der Waals surface area contributed by atoms with Gasteiger partial charge in [-0.15, -0.1) is 0 Å². The molecule has 24 rings (SSSR count). The zero-order chi connectivity index (χ0) is 78.1. The lowest BCUT2D eigenvalue weighted by atomic mass is 9.82. The summed E-state index contributed by atoms with van der Waals surface area (Å²) in [5.41, 5.74) is 28.9. The maximum absolute atomic E-state index is 5.30. The Morgan fingerprint density at radius 2 is 0.712 bits per heavy atom. The molecule has 1 aliphatic rings. The van der Waals surface area contributed by atoms with E-state index in [9.17, 15) is 0 Å². The molecule has 552 valence electrons. The monoisotopic (exact) mass is 1500 g/mol. The Kier molecular flexibility index (Phi) is 15.9. The summed E-state index contributed by atoms with van der Waals surface area (Å²) in [6, 6.07) is 142. The van der Waals surface area contributed by atoms with Gasteiger partial charge in [0.2, 0.25) is 0 Å². The smallest absolute Gasteiger partial charge is 0.137 e. The van der Waals surface area contributed by atoms with Gasteiger partial charge >= 0.3 is 0 Å². The van der Waals surface area contributed by atoms with Crippen LogP contribution in [0.1, 0.15) is 25.0 Å². The van der Waals surface area contributed by atoms with Gasteiger partial charge in [-0.05, 0) is 182 Å². The Labute approximate surface area is 682 Å². The number of benzene rings is 17.